The van der Waals surface area contributed by atoms with Gasteiger partial charge in [-0.2, -0.15) is 0 Å². The first-order chi connectivity index (χ1) is 6.11. The molecule has 0 amide bonds. The average molecular weight is 193 g/mol. The molecule has 1 saturated heterocycles. The van der Waals surface area contributed by atoms with E-state index in [0.29, 0.717) is 0 Å². The minimum Gasteiger partial charge on any atom is -0.394 e. The number of aliphatic hydroxyl groups excluding tert-OH is 4. The van der Waals surface area contributed by atoms with Crippen LogP contribution in [0.4, 0.5) is 0 Å². The fourth-order valence-electron chi connectivity index (χ4n) is 1.38. The molecular formula is C7H15NO5. The molecule has 0 aromatic carbocycles. The number of hydrogen-bond donors (Lipinski definition) is 5. The normalized spacial score (nSPS) is 46.4. The first kappa shape index (κ1) is 10.8. The zero-order chi connectivity index (χ0) is 10.0. The Morgan fingerprint density at radius 1 is 1.00 bits per heavy atom. The van der Waals surface area contributed by atoms with Crippen molar-refractivity contribution in [2.75, 3.05) is 13.2 Å². The van der Waals surface area contributed by atoms with Crippen molar-refractivity contribution in [3.8, 4) is 0 Å². The van der Waals surface area contributed by atoms with Gasteiger partial charge in [0.25, 0.3) is 0 Å². The highest BCUT2D eigenvalue weighted by atomic mass is 16.5. The zero-order valence-corrected chi connectivity index (χ0v) is 7.08. The molecule has 6 N–H and O–H groups in total. The Labute approximate surface area is 75.6 Å². The van der Waals surface area contributed by atoms with E-state index in [1.165, 1.54) is 0 Å². The summed E-state index contributed by atoms with van der Waals surface area (Å²) >= 11 is 0. The summed E-state index contributed by atoms with van der Waals surface area (Å²) in [7, 11) is 0. The largest absolute Gasteiger partial charge is 0.394 e. The monoisotopic (exact) mass is 193 g/mol. The fraction of sp³-hybridized carbons (Fsp3) is 1.00. The molecular weight excluding hydrogens is 178 g/mol. The van der Waals surface area contributed by atoms with E-state index >= 15 is 0 Å². The molecule has 1 aliphatic rings. The highest BCUT2D eigenvalue weighted by Gasteiger charge is 2.41. The molecule has 78 valence electrons. The Morgan fingerprint density at radius 3 is 2.00 bits per heavy atom. The van der Waals surface area contributed by atoms with Gasteiger partial charge in [0.05, 0.1) is 25.4 Å². The Bertz CT molecular complexity index is 147. The Hall–Kier alpha value is -0.240. The Balaban J connectivity index is 2.66. The summed E-state index contributed by atoms with van der Waals surface area (Å²) in [6, 6.07) is -0.831. The van der Waals surface area contributed by atoms with Crippen molar-refractivity contribution in [1.82, 2.24) is 0 Å². The SMILES string of the molecule is NC1C(O)[C@@H](O)C(CO)O[C@@H]1CO. The van der Waals surface area contributed by atoms with Gasteiger partial charge in [-0.25, -0.2) is 0 Å². The van der Waals surface area contributed by atoms with Gasteiger partial charge >= 0.3 is 0 Å². The van der Waals surface area contributed by atoms with Gasteiger partial charge in [0, 0.05) is 0 Å². The van der Waals surface area contributed by atoms with E-state index in [-0.39, 0.29) is 6.61 Å². The minimum atomic E-state index is -1.21. The summed E-state index contributed by atoms with van der Waals surface area (Å²) in [5.74, 6) is 0. The number of aliphatic hydroxyl groups is 4. The first-order valence-corrected chi connectivity index (χ1v) is 4.10. The second-order valence-corrected chi connectivity index (χ2v) is 3.14. The molecule has 0 saturated carbocycles. The van der Waals surface area contributed by atoms with Crippen LogP contribution >= 0.6 is 0 Å². The number of rotatable bonds is 2. The molecule has 1 rings (SSSR count). The van der Waals surface area contributed by atoms with Crippen LogP contribution in [0.1, 0.15) is 0 Å². The molecule has 0 aromatic heterocycles. The fourth-order valence-corrected chi connectivity index (χ4v) is 1.38. The molecule has 3 unspecified atom stereocenters. The second kappa shape index (κ2) is 4.32. The van der Waals surface area contributed by atoms with E-state index in [2.05, 4.69) is 0 Å². The predicted octanol–water partition coefficient (Wildman–Crippen LogP) is -3.21. The quantitative estimate of drug-likeness (QED) is 0.315. The van der Waals surface area contributed by atoms with Crippen LogP contribution < -0.4 is 5.73 Å². The molecule has 0 aromatic rings. The van der Waals surface area contributed by atoms with E-state index < -0.39 is 37.1 Å². The third kappa shape index (κ3) is 1.98. The molecule has 6 nitrogen and oxygen atoms in total. The van der Waals surface area contributed by atoms with Gasteiger partial charge in [0.2, 0.25) is 0 Å². The van der Waals surface area contributed by atoms with E-state index in [1.807, 2.05) is 0 Å². The molecule has 0 spiro atoms. The molecule has 0 radical (unpaired) electrons. The zero-order valence-electron chi connectivity index (χ0n) is 7.08. The van der Waals surface area contributed by atoms with Crippen LogP contribution in [0.2, 0.25) is 0 Å². The summed E-state index contributed by atoms with van der Waals surface area (Å²) in [5, 5.41) is 36.3. The van der Waals surface area contributed by atoms with Crippen molar-refractivity contribution in [3.05, 3.63) is 0 Å². The van der Waals surface area contributed by atoms with Crippen molar-refractivity contribution in [3.63, 3.8) is 0 Å². The highest BCUT2D eigenvalue weighted by molar-refractivity contribution is 4.94. The van der Waals surface area contributed by atoms with E-state index in [0.717, 1.165) is 0 Å². The first-order valence-electron chi connectivity index (χ1n) is 4.10. The van der Waals surface area contributed by atoms with Gasteiger partial charge in [-0.1, -0.05) is 0 Å². The van der Waals surface area contributed by atoms with Crippen LogP contribution in [0, 0.1) is 0 Å². The standard InChI is InChI=1S/C7H15NO5/c8-5-3(1-9)13-4(2-10)6(11)7(5)12/h3-7,9-12H,1-2,8H2/t3-,4?,5?,6+,7?/m1/s1. The van der Waals surface area contributed by atoms with Crippen molar-refractivity contribution in [1.29, 1.82) is 0 Å². The summed E-state index contributed by atoms with van der Waals surface area (Å²) in [5.41, 5.74) is 5.46. The Morgan fingerprint density at radius 2 is 1.54 bits per heavy atom. The number of nitrogens with two attached hydrogens (primary N) is 1. The van der Waals surface area contributed by atoms with Crippen LogP contribution in [0.3, 0.4) is 0 Å². The van der Waals surface area contributed by atoms with Crippen LogP contribution in [0.5, 0.6) is 0 Å². The van der Waals surface area contributed by atoms with E-state index in [1.54, 1.807) is 0 Å². The van der Waals surface area contributed by atoms with Crippen molar-refractivity contribution in [2.45, 2.75) is 30.5 Å². The second-order valence-electron chi connectivity index (χ2n) is 3.14. The predicted molar refractivity (Wildman–Crippen MR) is 42.8 cm³/mol. The van der Waals surface area contributed by atoms with Gasteiger partial charge in [0.1, 0.15) is 18.3 Å². The molecule has 0 bridgehead atoms. The van der Waals surface area contributed by atoms with Gasteiger partial charge in [0.15, 0.2) is 0 Å². The van der Waals surface area contributed by atoms with Crippen LogP contribution in [-0.2, 0) is 4.74 Å². The van der Waals surface area contributed by atoms with Gasteiger partial charge in [-0.15, -0.1) is 0 Å². The highest BCUT2D eigenvalue weighted by Crippen LogP contribution is 2.19. The maximum Gasteiger partial charge on any atom is 0.110 e. The van der Waals surface area contributed by atoms with Gasteiger partial charge in [-0.3, -0.25) is 0 Å². The topological polar surface area (TPSA) is 116 Å². The number of hydrogen-bond acceptors (Lipinski definition) is 6. The number of ether oxygens (including phenoxy) is 1. The van der Waals surface area contributed by atoms with E-state index in [9.17, 15) is 10.2 Å². The molecule has 1 heterocycles. The van der Waals surface area contributed by atoms with Gasteiger partial charge < -0.3 is 30.9 Å². The minimum absolute atomic E-state index is 0.346. The molecule has 1 aliphatic heterocycles. The van der Waals surface area contributed by atoms with Crippen molar-refractivity contribution < 1.29 is 25.2 Å². The van der Waals surface area contributed by atoms with Crippen LogP contribution in [0.25, 0.3) is 0 Å². The third-order valence-electron chi connectivity index (χ3n) is 2.26. The van der Waals surface area contributed by atoms with Gasteiger partial charge in [-0.05, 0) is 0 Å². The summed E-state index contributed by atoms with van der Waals surface area (Å²) in [4.78, 5) is 0. The lowest BCUT2D eigenvalue weighted by Crippen LogP contribution is -2.62. The molecule has 5 atom stereocenters. The van der Waals surface area contributed by atoms with Crippen molar-refractivity contribution >= 4 is 0 Å². The lowest BCUT2D eigenvalue weighted by atomic mass is 9.94. The molecule has 0 aliphatic carbocycles. The summed E-state index contributed by atoms with van der Waals surface area (Å²) in [6.45, 7) is -0.761. The van der Waals surface area contributed by atoms with E-state index in [4.69, 9.17) is 20.7 Å². The lowest BCUT2D eigenvalue weighted by Gasteiger charge is -2.40. The lowest BCUT2D eigenvalue weighted by molar-refractivity contribution is -0.196. The van der Waals surface area contributed by atoms with Crippen LogP contribution in [0.15, 0.2) is 0 Å². The Kier molecular flexibility index (Phi) is 3.60. The third-order valence-corrected chi connectivity index (χ3v) is 2.26. The van der Waals surface area contributed by atoms with Crippen LogP contribution in [-0.4, -0.2) is 64.1 Å². The summed E-state index contributed by atoms with van der Waals surface area (Å²) in [6.07, 6.45) is -4.01. The molecule has 13 heavy (non-hydrogen) atoms. The average Bonchev–Trinajstić information content (AvgIpc) is 2.15. The summed E-state index contributed by atoms with van der Waals surface area (Å²) < 4.78 is 5.04. The maximum atomic E-state index is 9.37. The maximum absolute atomic E-state index is 9.37. The van der Waals surface area contributed by atoms with Crippen molar-refractivity contribution in [2.24, 2.45) is 5.73 Å². The molecule has 1 fully saturated rings. The molecule has 6 heteroatoms. The smallest absolute Gasteiger partial charge is 0.110 e.